The first kappa shape index (κ1) is 14.5. The van der Waals surface area contributed by atoms with Crippen LogP contribution in [0.2, 0.25) is 0 Å². The number of amides is 3. The van der Waals surface area contributed by atoms with Gasteiger partial charge < -0.3 is 25.3 Å². The summed E-state index contributed by atoms with van der Waals surface area (Å²) in [5, 5.41) is 23.7. The molecule has 2 fully saturated rings. The van der Waals surface area contributed by atoms with Crippen molar-refractivity contribution in [1.82, 2.24) is 20.4 Å². The van der Waals surface area contributed by atoms with Crippen molar-refractivity contribution in [3.05, 3.63) is 0 Å². The largest absolute Gasteiger partial charge is 0.395 e. The summed E-state index contributed by atoms with van der Waals surface area (Å²) >= 11 is 0. The minimum atomic E-state index is -0.641. The normalized spacial score (nSPS) is 29.3. The average molecular weight is 285 g/mol. The van der Waals surface area contributed by atoms with E-state index < -0.39 is 30.2 Å². The van der Waals surface area contributed by atoms with Crippen LogP contribution in [0.15, 0.2) is 4.99 Å². The van der Waals surface area contributed by atoms with Gasteiger partial charge in [-0.1, -0.05) is 0 Å². The third-order valence-electron chi connectivity index (χ3n) is 3.27. The Labute approximate surface area is 116 Å². The number of carbonyl (C=O) groups is 2. The number of hydrogen-bond acceptors (Lipinski definition) is 5. The van der Waals surface area contributed by atoms with E-state index in [1.54, 1.807) is 18.9 Å². The maximum Gasteiger partial charge on any atom is 0.325 e. The van der Waals surface area contributed by atoms with Crippen LogP contribution < -0.4 is 10.6 Å². The van der Waals surface area contributed by atoms with Crippen molar-refractivity contribution in [3.8, 4) is 0 Å². The number of aliphatic imine (C=N–C) groups is 1. The molecule has 4 N–H and O–H groups in total. The van der Waals surface area contributed by atoms with E-state index in [9.17, 15) is 14.7 Å². The fourth-order valence-corrected chi connectivity index (χ4v) is 2.29. The number of β-amino-alcohol motifs (C(OH)–C–C–N with tert-alkyl or cyclic N) is 1. The van der Waals surface area contributed by atoms with Crippen LogP contribution in [0.4, 0.5) is 4.79 Å². The van der Waals surface area contributed by atoms with E-state index in [1.807, 2.05) is 0 Å². The number of nitrogens with zero attached hydrogens (tertiary/aromatic N) is 3. The lowest BCUT2D eigenvalue weighted by Crippen LogP contribution is -2.65. The molecule has 2 rings (SSSR count). The van der Waals surface area contributed by atoms with E-state index >= 15 is 0 Å². The molecule has 2 heterocycles. The quantitative estimate of drug-likeness (QED) is 0.453. The molecule has 2 saturated heterocycles. The average Bonchev–Trinajstić information content (AvgIpc) is 2.74. The van der Waals surface area contributed by atoms with Gasteiger partial charge in [0.25, 0.3) is 5.91 Å². The van der Waals surface area contributed by atoms with Gasteiger partial charge in [0.1, 0.15) is 6.17 Å². The summed E-state index contributed by atoms with van der Waals surface area (Å²) in [4.78, 5) is 30.7. The van der Waals surface area contributed by atoms with Crippen LogP contribution in [-0.2, 0) is 4.79 Å². The van der Waals surface area contributed by atoms with E-state index in [0.717, 1.165) is 0 Å². The number of aliphatic hydroxyl groups excluding tert-OH is 2. The molecule has 0 aliphatic carbocycles. The minimum Gasteiger partial charge on any atom is -0.395 e. The molecule has 9 nitrogen and oxygen atoms in total. The molecule has 20 heavy (non-hydrogen) atoms. The predicted molar refractivity (Wildman–Crippen MR) is 69.8 cm³/mol. The van der Waals surface area contributed by atoms with Crippen LogP contribution in [0.25, 0.3) is 0 Å². The molecule has 0 bridgehead atoms. The van der Waals surface area contributed by atoms with Crippen LogP contribution in [0.1, 0.15) is 6.92 Å². The van der Waals surface area contributed by atoms with Gasteiger partial charge in [0.2, 0.25) is 0 Å². The van der Waals surface area contributed by atoms with Gasteiger partial charge in [-0.15, -0.1) is 0 Å². The standard InChI is InChI=1S/C11H19N5O4/c1-6(18)5-12-10-13-8-7(16(10)3-4-17)9(19)14-11(20)15(8)2/h6-8,17-18H,3-5H2,1-2H3,(H,12,13)(H,14,19,20). The fourth-order valence-electron chi connectivity index (χ4n) is 2.29. The second-order valence-electron chi connectivity index (χ2n) is 4.87. The lowest BCUT2D eigenvalue weighted by molar-refractivity contribution is -0.127. The molecule has 0 spiro atoms. The van der Waals surface area contributed by atoms with Gasteiger partial charge in [-0.3, -0.25) is 15.1 Å². The van der Waals surface area contributed by atoms with E-state index in [0.29, 0.717) is 5.96 Å². The molecule has 0 aromatic heterocycles. The summed E-state index contributed by atoms with van der Waals surface area (Å²) in [6, 6.07) is -1.12. The van der Waals surface area contributed by atoms with Gasteiger partial charge in [0.15, 0.2) is 12.0 Å². The number of carbonyl (C=O) groups excluding carboxylic acids is 2. The van der Waals surface area contributed by atoms with E-state index in [4.69, 9.17) is 5.11 Å². The topological polar surface area (TPSA) is 117 Å². The molecule has 3 unspecified atom stereocenters. The summed E-state index contributed by atoms with van der Waals surface area (Å²) in [7, 11) is 1.57. The van der Waals surface area contributed by atoms with Crippen molar-refractivity contribution in [2.24, 2.45) is 4.99 Å². The van der Waals surface area contributed by atoms with Crippen LogP contribution in [0.5, 0.6) is 0 Å². The van der Waals surface area contributed by atoms with Crippen molar-refractivity contribution < 1.29 is 19.8 Å². The van der Waals surface area contributed by atoms with Crippen LogP contribution in [0, 0.1) is 0 Å². The van der Waals surface area contributed by atoms with Gasteiger partial charge >= 0.3 is 6.03 Å². The van der Waals surface area contributed by atoms with Crippen molar-refractivity contribution in [3.63, 3.8) is 0 Å². The number of nitrogens with one attached hydrogen (secondary N) is 2. The first-order chi connectivity index (χ1) is 9.45. The molecule has 3 atom stereocenters. The summed E-state index contributed by atoms with van der Waals surface area (Å²) in [5.41, 5.74) is 0. The van der Waals surface area contributed by atoms with Crippen LogP contribution in [0.3, 0.4) is 0 Å². The van der Waals surface area contributed by atoms with Gasteiger partial charge in [0.05, 0.1) is 19.3 Å². The lowest BCUT2D eigenvalue weighted by Gasteiger charge is -2.35. The maximum atomic E-state index is 12.0. The minimum absolute atomic E-state index is 0.149. The Morgan fingerprint density at radius 2 is 2.15 bits per heavy atom. The molecule has 3 amide bonds. The molecular weight excluding hydrogens is 266 g/mol. The Balaban J connectivity index is 2.26. The van der Waals surface area contributed by atoms with E-state index in [-0.39, 0.29) is 19.7 Å². The van der Waals surface area contributed by atoms with Gasteiger partial charge in [-0.25, -0.2) is 4.79 Å². The van der Waals surface area contributed by atoms with Gasteiger partial charge in [-0.05, 0) is 6.92 Å². The molecule has 112 valence electrons. The molecule has 9 heteroatoms. The number of fused-ring (bicyclic) bond motifs is 1. The van der Waals surface area contributed by atoms with Gasteiger partial charge in [0, 0.05) is 13.6 Å². The number of guanidine groups is 1. The van der Waals surface area contributed by atoms with Gasteiger partial charge in [-0.2, -0.15) is 0 Å². The zero-order valence-corrected chi connectivity index (χ0v) is 11.4. The highest BCUT2D eigenvalue weighted by atomic mass is 16.3. The second-order valence-corrected chi connectivity index (χ2v) is 4.87. The highest BCUT2D eigenvalue weighted by molar-refractivity contribution is 6.04. The zero-order valence-electron chi connectivity index (χ0n) is 11.4. The summed E-state index contributed by atoms with van der Waals surface area (Å²) in [6.45, 7) is 1.83. The highest BCUT2D eigenvalue weighted by Crippen LogP contribution is 2.20. The number of hydrogen-bond donors (Lipinski definition) is 4. The SMILES string of the molecule is CC(O)CN=C1NC2C(C(=O)NC(=O)N2C)N1CCO. The van der Waals surface area contributed by atoms with E-state index in [2.05, 4.69) is 15.6 Å². The van der Waals surface area contributed by atoms with Crippen molar-refractivity contribution in [2.75, 3.05) is 26.7 Å². The molecule has 0 radical (unpaired) electrons. The number of aliphatic hydroxyl groups is 2. The monoisotopic (exact) mass is 285 g/mol. The van der Waals surface area contributed by atoms with Crippen molar-refractivity contribution in [2.45, 2.75) is 25.2 Å². The van der Waals surface area contributed by atoms with Crippen molar-refractivity contribution >= 4 is 17.9 Å². The summed E-state index contributed by atoms with van der Waals surface area (Å²) in [5.74, 6) is -0.0343. The third-order valence-corrected chi connectivity index (χ3v) is 3.27. The molecule has 2 aliphatic rings. The smallest absolute Gasteiger partial charge is 0.325 e. The first-order valence-electron chi connectivity index (χ1n) is 6.40. The Hall–Kier alpha value is -1.87. The Morgan fingerprint density at radius 1 is 1.45 bits per heavy atom. The highest BCUT2D eigenvalue weighted by Gasteiger charge is 2.49. The predicted octanol–water partition coefficient (Wildman–Crippen LogP) is -2.50. The Bertz CT molecular complexity index is 439. The number of likely N-dealkylation sites (N-methyl/N-ethyl adjacent to an activating group) is 1. The van der Waals surface area contributed by atoms with Crippen molar-refractivity contribution in [1.29, 1.82) is 0 Å². The lowest BCUT2D eigenvalue weighted by atomic mass is 10.1. The molecule has 0 aromatic rings. The van der Waals surface area contributed by atoms with Crippen LogP contribution >= 0.6 is 0 Å². The Morgan fingerprint density at radius 3 is 2.75 bits per heavy atom. The third kappa shape index (κ3) is 2.54. The number of urea groups is 1. The fraction of sp³-hybridized carbons (Fsp3) is 0.727. The zero-order chi connectivity index (χ0) is 14.9. The Kier molecular flexibility index (Phi) is 4.09. The molecule has 2 aliphatic heterocycles. The molecule has 0 aromatic carbocycles. The molecular formula is C11H19N5O4. The second kappa shape index (κ2) is 5.63. The molecule has 0 saturated carbocycles. The van der Waals surface area contributed by atoms with Crippen LogP contribution in [-0.4, -0.2) is 83.0 Å². The maximum absolute atomic E-state index is 12.0. The van der Waals surface area contributed by atoms with E-state index in [1.165, 1.54) is 4.90 Å². The first-order valence-corrected chi connectivity index (χ1v) is 6.40. The number of rotatable bonds is 4. The summed E-state index contributed by atoms with van der Waals surface area (Å²) < 4.78 is 0. The summed E-state index contributed by atoms with van der Waals surface area (Å²) in [6.07, 6.45) is -1.15. The number of imide groups is 1.